The van der Waals surface area contributed by atoms with Gasteiger partial charge in [0, 0.05) is 44.3 Å². The Kier molecular flexibility index (Phi) is 7.57. The zero-order valence-corrected chi connectivity index (χ0v) is 35.2. The first kappa shape index (κ1) is 35.9. The summed E-state index contributed by atoms with van der Waals surface area (Å²) in [6.07, 6.45) is 0. The number of hydrogen-bond acceptors (Lipinski definition) is 4. The Balaban J connectivity index is 1.04. The van der Waals surface area contributed by atoms with Crippen LogP contribution < -0.4 is 9.80 Å². The lowest BCUT2D eigenvalue weighted by molar-refractivity contribution is 0.668. The van der Waals surface area contributed by atoms with E-state index in [1.165, 1.54) is 44.5 Å². The van der Waals surface area contributed by atoms with Gasteiger partial charge in [0.25, 0.3) is 0 Å². The fourth-order valence-electron chi connectivity index (χ4n) is 11.2. The summed E-state index contributed by atoms with van der Waals surface area (Å²) in [4.78, 5) is 4.73. The Labute approximate surface area is 375 Å². The molecule has 2 aromatic heterocycles. The van der Waals surface area contributed by atoms with Crippen molar-refractivity contribution in [3.63, 3.8) is 0 Å². The van der Waals surface area contributed by atoms with Gasteiger partial charge in [-0.15, -0.1) is 0 Å². The molecule has 0 atom stereocenters. The van der Waals surface area contributed by atoms with Crippen molar-refractivity contribution < 1.29 is 8.83 Å². The molecule has 0 saturated heterocycles. The minimum absolute atomic E-state index is 0.620. The highest BCUT2D eigenvalue weighted by molar-refractivity contribution is 6.12. The topological polar surface area (TPSA) is 32.8 Å². The van der Waals surface area contributed by atoms with Gasteiger partial charge < -0.3 is 18.6 Å². The molecule has 0 aliphatic heterocycles. The van der Waals surface area contributed by atoms with E-state index in [0.717, 1.165) is 78.0 Å². The highest BCUT2D eigenvalue weighted by Crippen LogP contribution is 2.64. The predicted octanol–water partition coefficient (Wildman–Crippen LogP) is 16.8. The summed E-state index contributed by atoms with van der Waals surface area (Å²) in [7, 11) is 0. The quantitative estimate of drug-likeness (QED) is 0.167. The van der Waals surface area contributed by atoms with Crippen LogP contribution in [0.15, 0.2) is 239 Å². The Hall–Kier alpha value is -8.60. The molecule has 0 N–H and O–H groups in total. The lowest BCUT2D eigenvalue weighted by atomic mass is 9.70. The van der Waals surface area contributed by atoms with Crippen LogP contribution >= 0.6 is 0 Å². The highest BCUT2D eigenvalue weighted by atomic mass is 16.3. The minimum atomic E-state index is -0.620. The molecule has 2 aliphatic rings. The van der Waals surface area contributed by atoms with Crippen LogP contribution in [0.5, 0.6) is 0 Å². The number of nitrogens with zero attached hydrogens (tertiary/aromatic N) is 2. The van der Waals surface area contributed by atoms with Crippen LogP contribution in [0.4, 0.5) is 34.1 Å². The summed E-state index contributed by atoms with van der Waals surface area (Å²) in [5, 5.41) is 4.40. The van der Waals surface area contributed by atoms with Gasteiger partial charge in [-0.25, -0.2) is 0 Å². The van der Waals surface area contributed by atoms with Gasteiger partial charge in [0.15, 0.2) is 11.2 Å². The van der Waals surface area contributed by atoms with Gasteiger partial charge in [0.05, 0.1) is 16.8 Å². The zero-order chi connectivity index (χ0) is 42.6. The number of para-hydroxylation sites is 6. The maximum absolute atomic E-state index is 6.74. The first-order chi connectivity index (χ1) is 32.3. The molecular weight excluding hydrogens is 793 g/mol. The second kappa shape index (κ2) is 13.7. The molecule has 10 aromatic carbocycles. The van der Waals surface area contributed by atoms with E-state index in [1.807, 2.05) is 12.1 Å². The van der Waals surface area contributed by atoms with Gasteiger partial charge in [0.2, 0.25) is 0 Å². The van der Waals surface area contributed by atoms with E-state index in [4.69, 9.17) is 8.83 Å². The molecule has 12 aromatic rings. The normalized spacial score (nSPS) is 13.0. The molecule has 0 radical (unpaired) electrons. The van der Waals surface area contributed by atoms with E-state index >= 15 is 0 Å². The molecule has 65 heavy (non-hydrogen) atoms. The second-order valence-electron chi connectivity index (χ2n) is 17.1. The van der Waals surface area contributed by atoms with E-state index in [2.05, 4.69) is 228 Å². The average molecular weight is 831 g/mol. The molecule has 2 aliphatic carbocycles. The van der Waals surface area contributed by atoms with Gasteiger partial charge in [-0.3, -0.25) is 0 Å². The maximum Gasteiger partial charge on any atom is 0.159 e. The molecule has 304 valence electrons. The lowest BCUT2D eigenvalue weighted by Crippen LogP contribution is -2.26. The minimum Gasteiger partial charge on any atom is -0.454 e. The third-order valence-electron chi connectivity index (χ3n) is 13.9. The molecule has 0 fully saturated rings. The van der Waals surface area contributed by atoms with E-state index in [1.54, 1.807) is 0 Å². The Morgan fingerprint density at radius 1 is 0.277 bits per heavy atom. The van der Waals surface area contributed by atoms with Crippen molar-refractivity contribution in [1.29, 1.82) is 0 Å². The smallest absolute Gasteiger partial charge is 0.159 e. The van der Waals surface area contributed by atoms with Gasteiger partial charge in [0.1, 0.15) is 11.2 Å². The van der Waals surface area contributed by atoms with Crippen molar-refractivity contribution in [2.45, 2.75) is 5.41 Å². The zero-order valence-electron chi connectivity index (χ0n) is 35.2. The first-order valence-electron chi connectivity index (χ1n) is 22.3. The molecule has 4 nitrogen and oxygen atoms in total. The van der Waals surface area contributed by atoms with E-state index < -0.39 is 5.41 Å². The number of fused-ring (bicyclic) bond motifs is 16. The largest absolute Gasteiger partial charge is 0.454 e. The molecular formula is C61H38N2O2. The van der Waals surface area contributed by atoms with E-state index in [-0.39, 0.29) is 0 Å². The standard InChI is InChI=1S/C61H38N2O2/c1-3-17-39(18-4-1)62(55-29-15-25-49-47-23-9-13-31-57(47)64-59(49)55)41-33-35-45-46-36-34-42(38-54(46)61(53(45)37-41)51-27-11-7-21-43(51)44-22-8-12-28-52(44)61)63(40-19-5-2-6-20-40)56-30-16-26-50-48-24-10-14-32-58(48)65-60(50)56/h1-38H. The number of hydrogen-bond donors (Lipinski definition) is 0. The SMILES string of the molecule is c1ccc(N(c2ccc3c(c2)C2(c4ccccc4-c4ccccc42)c2cc(N(c4ccccc4)c4cccc5c4oc4ccccc45)ccc2-3)c2cccc3c2oc2ccccc23)cc1. The van der Waals surface area contributed by atoms with Crippen LogP contribution in [0, 0.1) is 0 Å². The Morgan fingerprint density at radius 3 is 1.14 bits per heavy atom. The molecule has 0 bridgehead atoms. The van der Waals surface area contributed by atoms with Crippen LogP contribution in [-0.4, -0.2) is 0 Å². The van der Waals surface area contributed by atoms with Crippen molar-refractivity contribution in [2.24, 2.45) is 0 Å². The second-order valence-corrected chi connectivity index (χ2v) is 17.1. The van der Waals surface area contributed by atoms with Crippen LogP contribution in [0.3, 0.4) is 0 Å². The van der Waals surface area contributed by atoms with Crippen molar-refractivity contribution in [3.8, 4) is 22.3 Å². The average Bonchev–Trinajstić information content (AvgIpc) is 4.11. The van der Waals surface area contributed by atoms with E-state index in [0.29, 0.717) is 0 Å². The number of rotatable bonds is 6. The predicted molar refractivity (Wildman–Crippen MR) is 267 cm³/mol. The van der Waals surface area contributed by atoms with Crippen LogP contribution in [0.2, 0.25) is 0 Å². The molecule has 4 heteroatoms. The summed E-state index contributed by atoms with van der Waals surface area (Å²) in [6, 6.07) is 83.2. The maximum atomic E-state index is 6.74. The van der Waals surface area contributed by atoms with Gasteiger partial charge >= 0.3 is 0 Å². The molecule has 0 unspecified atom stereocenters. The molecule has 1 spiro atoms. The third-order valence-corrected chi connectivity index (χ3v) is 13.9. The van der Waals surface area contributed by atoms with Crippen molar-refractivity contribution in [1.82, 2.24) is 0 Å². The number of benzene rings is 10. The monoisotopic (exact) mass is 830 g/mol. The summed E-state index contributed by atoms with van der Waals surface area (Å²) in [5.74, 6) is 0. The van der Waals surface area contributed by atoms with Crippen LogP contribution in [0.25, 0.3) is 66.1 Å². The summed E-state index contributed by atoms with van der Waals surface area (Å²) in [6.45, 7) is 0. The van der Waals surface area contributed by atoms with Crippen LogP contribution in [-0.2, 0) is 5.41 Å². The summed E-state index contributed by atoms with van der Waals surface area (Å²) >= 11 is 0. The fourth-order valence-corrected chi connectivity index (χ4v) is 11.2. The van der Waals surface area contributed by atoms with Crippen molar-refractivity contribution >= 4 is 78.0 Å². The number of furan rings is 2. The molecule has 0 amide bonds. The lowest BCUT2D eigenvalue weighted by Gasteiger charge is -2.33. The van der Waals surface area contributed by atoms with Gasteiger partial charge in [-0.2, -0.15) is 0 Å². The van der Waals surface area contributed by atoms with Crippen molar-refractivity contribution in [2.75, 3.05) is 9.80 Å². The first-order valence-corrected chi connectivity index (χ1v) is 22.3. The third kappa shape index (κ3) is 5.02. The Morgan fingerprint density at radius 2 is 0.662 bits per heavy atom. The molecule has 2 heterocycles. The molecule has 14 rings (SSSR count). The van der Waals surface area contributed by atoms with Gasteiger partial charge in [-0.1, -0.05) is 158 Å². The van der Waals surface area contributed by atoms with E-state index in [9.17, 15) is 0 Å². The van der Waals surface area contributed by atoms with Crippen molar-refractivity contribution in [3.05, 3.63) is 253 Å². The molecule has 0 saturated carbocycles. The summed E-state index contributed by atoms with van der Waals surface area (Å²) < 4.78 is 13.5. The van der Waals surface area contributed by atoms with Gasteiger partial charge in [-0.05, 0) is 117 Å². The summed E-state index contributed by atoms with van der Waals surface area (Å²) in [5.41, 5.74) is 19.1. The number of anilines is 6. The fraction of sp³-hybridized carbons (Fsp3) is 0.0164. The Bertz CT molecular complexity index is 3610. The van der Waals surface area contributed by atoms with Crippen LogP contribution in [0.1, 0.15) is 22.3 Å². The highest BCUT2D eigenvalue weighted by Gasteiger charge is 2.52.